The second kappa shape index (κ2) is 11.7. The van der Waals surface area contributed by atoms with E-state index in [2.05, 4.69) is 10.3 Å². The first-order valence-electron chi connectivity index (χ1n) is 13.7. The highest BCUT2D eigenvalue weighted by Gasteiger charge is 2.33. The lowest BCUT2D eigenvalue weighted by molar-refractivity contribution is -0.113. The molecule has 1 aliphatic rings. The Morgan fingerprint density at radius 1 is 1.02 bits per heavy atom. The first-order chi connectivity index (χ1) is 21.2. The van der Waals surface area contributed by atoms with Crippen molar-refractivity contribution in [2.45, 2.75) is 19.9 Å². The molecule has 0 saturated carbocycles. The number of allylic oxidation sites excluding steroid dienone is 1. The number of furan rings is 1. The number of methoxy groups -OCH3 is 1. The summed E-state index contributed by atoms with van der Waals surface area (Å²) in [6.45, 7) is 3.58. The van der Waals surface area contributed by atoms with Gasteiger partial charge in [-0.05, 0) is 73.5 Å². The lowest BCUT2D eigenvalue weighted by Gasteiger charge is -2.25. The van der Waals surface area contributed by atoms with Gasteiger partial charge in [-0.2, -0.15) is 0 Å². The molecule has 2 aromatic heterocycles. The lowest BCUT2D eigenvalue weighted by Crippen LogP contribution is -2.40. The number of hydrogen-bond donors (Lipinski definition) is 2. The maximum Gasteiger partial charge on any atom is 0.335 e. The quantitative estimate of drug-likeness (QED) is 0.265. The highest BCUT2D eigenvalue weighted by Crippen LogP contribution is 2.32. The van der Waals surface area contributed by atoms with Gasteiger partial charge in [0.1, 0.15) is 17.3 Å². The van der Waals surface area contributed by atoms with Crippen LogP contribution in [-0.2, 0) is 4.79 Å². The number of aromatic carboxylic acids is 1. The standard InChI is InChI=1S/C34H27N3O6S/c1-19-16-22(33(40)41)12-14-26(19)27-15-13-25(43-27)18-28-32(39)37-30(21-8-7-11-24(17-21)42-3)29(20(2)35-34(37)44-28)31(38)36-23-9-5-4-6-10-23/h4-18,30H,1-3H3,(H,36,38)(H,40,41)/b28-18-/t30-/m1/s1. The van der Waals surface area contributed by atoms with Crippen LogP contribution in [0.2, 0.25) is 0 Å². The molecular formula is C34H27N3O6S. The molecule has 5 aromatic rings. The summed E-state index contributed by atoms with van der Waals surface area (Å²) in [5.41, 5.74) is 3.54. The molecule has 10 heteroatoms. The Bertz CT molecular complexity index is 2140. The molecule has 3 heterocycles. The topological polar surface area (TPSA) is 123 Å². The SMILES string of the molecule is COc1cccc([C@@H]2C(C(=O)Nc3ccccc3)=C(C)N=c3s/c(=C\c4ccc(-c5ccc(C(=O)O)cc5C)o4)c(=O)n32)c1. The molecule has 0 bridgehead atoms. The van der Waals surface area contributed by atoms with Gasteiger partial charge in [0.05, 0.1) is 34.5 Å². The monoisotopic (exact) mass is 605 g/mol. The molecule has 0 aliphatic carbocycles. The highest BCUT2D eigenvalue weighted by molar-refractivity contribution is 7.07. The normalized spacial score (nSPS) is 14.6. The van der Waals surface area contributed by atoms with Gasteiger partial charge in [-0.3, -0.25) is 14.2 Å². The Morgan fingerprint density at radius 2 is 1.82 bits per heavy atom. The molecule has 0 radical (unpaired) electrons. The first-order valence-corrected chi connectivity index (χ1v) is 14.5. The molecule has 0 fully saturated rings. The number of fused-ring (bicyclic) bond motifs is 1. The van der Waals surface area contributed by atoms with Crippen LogP contribution >= 0.6 is 11.3 Å². The fourth-order valence-electron chi connectivity index (χ4n) is 5.24. The molecule has 2 N–H and O–H groups in total. The van der Waals surface area contributed by atoms with Crippen LogP contribution in [0, 0.1) is 6.92 Å². The average molecular weight is 606 g/mol. The number of nitrogens with zero attached hydrogens (tertiary/aromatic N) is 2. The summed E-state index contributed by atoms with van der Waals surface area (Å²) >= 11 is 1.21. The van der Waals surface area contributed by atoms with Gasteiger partial charge < -0.3 is 19.6 Å². The van der Waals surface area contributed by atoms with Crippen LogP contribution in [0.3, 0.4) is 0 Å². The zero-order valence-corrected chi connectivity index (χ0v) is 24.8. The van der Waals surface area contributed by atoms with E-state index in [9.17, 15) is 19.5 Å². The average Bonchev–Trinajstić information content (AvgIpc) is 3.60. The summed E-state index contributed by atoms with van der Waals surface area (Å²) in [5.74, 6) is 0.223. The van der Waals surface area contributed by atoms with Crippen molar-refractivity contribution in [2.24, 2.45) is 4.99 Å². The van der Waals surface area contributed by atoms with Crippen molar-refractivity contribution >= 4 is 35.0 Å². The number of hydrogen-bond acceptors (Lipinski definition) is 7. The number of ether oxygens (including phenoxy) is 1. The molecule has 1 aliphatic heterocycles. The van der Waals surface area contributed by atoms with Gasteiger partial charge in [-0.25, -0.2) is 9.79 Å². The number of carbonyl (C=O) groups excluding carboxylic acids is 1. The number of para-hydroxylation sites is 1. The molecule has 9 nitrogen and oxygen atoms in total. The summed E-state index contributed by atoms with van der Waals surface area (Å²) in [6.07, 6.45) is 1.65. The first kappa shape index (κ1) is 28.6. The number of benzene rings is 3. The van der Waals surface area contributed by atoms with Gasteiger partial charge in [0.15, 0.2) is 4.80 Å². The lowest BCUT2D eigenvalue weighted by atomic mass is 9.95. The van der Waals surface area contributed by atoms with Crippen LogP contribution in [-0.4, -0.2) is 28.7 Å². The van der Waals surface area contributed by atoms with Crippen LogP contribution in [0.25, 0.3) is 17.4 Å². The van der Waals surface area contributed by atoms with E-state index in [1.807, 2.05) is 43.3 Å². The third-order valence-corrected chi connectivity index (χ3v) is 8.33. The number of amides is 1. The molecule has 1 amide bonds. The third-order valence-electron chi connectivity index (χ3n) is 7.35. The number of carbonyl (C=O) groups is 2. The number of aromatic nitrogens is 1. The fraction of sp³-hybridized carbons (Fsp3) is 0.118. The Morgan fingerprint density at radius 3 is 2.55 bits per heavy atom. The number of thiazole rings is 1. The van der Waals surface area contributed by atoms with E-state index in [0.29, 0.717) is 49.1 Å². The molecule has 1 atom stereocenters. The Balaban J connectivity index is 1.44. The van der Waals surface area contributed by atoms with Gasteiger partial charge in [-0.1, -0.05) is 47.7 Å². The summed E-state index contributed by atoms with van der Waals surface area (Å²) in [7, 11) is 1.56. The fourth-order valence-corrected chi connectivity index (χ4v) is 6.26. The molecule has 44 heavy (non-hydrogen) atoms. The Hall–Kier alpha value is -5.48. The van der Waals surface area contributed by atoms with E-state index in [1.54, 1.807) is 62.6 Å². The smallest absolute Gasteiger partial charge is 0.335 e. The zero-order chi connectivity index (χ0) is 31.0. The number of rotatable bonds is 7. The minimum absolute atomic E-state index is 0.192. The van der Waals surface area contributed by atoms with Gasteiger partial charge in [0, 0.05) is 17.3 Å². The molecule has 0 spiro atoms. The molecular weight excluding hydrogens is 578 g/mol. The number of nitrogens with one attached hydrogen (secondary N) is 1. The van der Waals surface area contributed by atoms with Crippen molar-refractivity contribution in [1.82, 2.24) is 4.57 Å². The number of aryl methyl sites for hydroxylation is 1. The summed E-state index contributed by atoms with van der Waals surface area (Å²) in [4.78, 5) is 44.2. The second-order valence-corrected chi connectivity index (χ2v) is 11.2. The zero-order valence-electron chi connectivity index (χ0n) is 24.0. The van der Waals surface area contributed by atoms with E-state index < -0.39 is 12.0 Å². The van der Waals surface area contributed by atoms with Crippen molar-refractivity contribution in [2.75, 3.05) is 12.4 Å². The van der Waals surface area contributed by atoms with Gasteiger partial charge in [0.2, 0.25) is 0 Å². The van der Waals surface area contributed by atoms with Crippen molar-refractivity contribution < 1.29 is 23.8 Å². The van der Waals surface area contributed by atoms with Crippen LogP contribution in [0.15, 0.2) is 110 Å². The number of anilines is 1. The minimum atomic E-state index is -1.00. The summed E-state index contributed by atoms with van der Waals surface area (Å²) < 4.78 is 13.4. The molecule has 6 rings (SSSR count). The largest absolute Gasteiger partial charge is 0.497 e. The van der Waals surface area contributed by atoms with Gasteiger partial charge in [-0.15, -0.1) is 0 Å². The van der Waals surface area contributed by atoms with E-state index in [1.165, 1.54) is 22.0 Å². The predicted molar refractivity (Wildman–Crippen MR) is 168 cm³/mol. The Kier molecular flexibility index (Phi) is 7.59. The molecule has 3 aromatic carbocycles. The van der Waals surface area contributed by atoms with E-state index in [-0.39, 0.29) is 17.0 Å². The van der Waals surface area contributed by atoms with Crippen molar-refractivity contribution in [1.29, 1.82) is 0 Å². The van der Waals surface area contributed by atoms with Gasteiger partial charge in [0.25, 0.3) is 11.5 Å². The highest BCUT2D eigenvalue weighted by atomic mass is 32.1. The molecule has 0 saturated heterocycles. The second-order valence-electron chi connectivity index (χ2n) is 10.2. The van der Waals surface area contributed by atoms with Crippen LogP contribution in [0.4, 0.5) is 5.69 Å². The maximum absolute atomic E-state index is 14.0. The Labute approximate surface area is 255 Å². The van der Waals surface area contributed by atoms with Gasteiger partial charge >= 0.3 is 5.97 Å². The van der Waals surface area contributed by atoms with Crippen molar-refractivity contribution in [3.05, 3.63) is 138 Å². The predicted octanol–water partition coefficient (Wildman–Crippen LogP) is 5.15. The van der Waals surface area contributed by atoms with E-state index >= 15 is 0 Å². The molecule has 0 unspecified atom stereocenters. The van der Waals surface area contributed by atoms with E-state index in [0.717, 1.165) is 11.1 Å². The summed E-state index contributed by atoms with van der Waals surface area (Å²) in [5, 5.41) is 12.2. The van der Waals surface area contributed by atoms with Crippen LogP contribution in [0.5, 0.6) is 5.75 Å². The minimum Gasteiger partial charge on any atom is -0.497 e. The van der Waals surface area contributed by atoms with Crippen molar-refractivity contribution in [3.63, 3.8) is 0 Å². The maximum atomic E-state index is 14.0. The third kappa shape index (κ3) is 5.38. The van der Waals surface area contributed by atoms with Crippen LogP contribution < -0.4 is 24.9 Å². The van der Waals surface area contributed by atoms with E-state index in [4.69, 9.17) is 9.15 Å². The number of carboxylic acid groups (broad SMARTS) is 1. The van der Waals surface area contributed by atoms with Crippen molar-refractivity contribution in [3.8, 4) is 17.1 Å². The van der Waals surface area contributed by atoms with Crippen LogP contribution in [0.1, 0.15) is 40.2 Å². The summed E-state index contributed by atoms with van der Waals surface area (Å²) in [6, 6.07) is 24.0. The number of carboxylic acids is 1. The molecule has 220 valence electrons.